The Morgan fingerprint density at radius 2 is 1.83 bits per heavy atom. The highest BCUT2D eigenvalue weighted by molar-refractivity contribution is 5.50. The van der Waals surface area contributed by atoms with Crippen LogP contribution in [0.2, 0.25) is 0 Å². The molecule has 9 heteroatoms. The van der Waals surface area contributed by atoms with Gasteiger partial charge >= 0.3 is 0 Å². The van der Waals surface area contributed by atoms with Gasteiger partial charge in [-0.1, -0.05) is 0 Å². The highest BCUT2D eigenvalue weighted by Crippen LogP contribution is 2.37. The number of aliphatic hydroxyl groups is 4. The van der Waals surface area contributed by atoms with Crippen molar-refractivity contribution in [3.8, 4) is 17.2 Å². The van der Waals surface area contributed by atoms with Gasteiger partial charge in [-0.2, -0.15) is 0 Å². The standard InChI is InChI=1S/C15H20O9/c16-4-11-12(19)13(20)14(21)15(24-11)23-7-3-8-9(18)1-6(17)2-10(8)22-5-7/h1-2,7,11-21H,3-5H2/t7-,11?,12-,13?,14+,15-/m1/s1. The molecule has 134 valence electrons. The van der Waals surface area contributed by atoms with E-state index in [2.05, 4.69) is 0 Å². The smallest absolute Gasteiger partial charge is 0.187 e. The Hall–Kier alpha value is -1.62. The Balaban J connectivity index is 1.70. The molecule has 1 aromatic rings. The number of aliphatic hydroxyl groups excluding tert-OH is 4. The maximum absolute atomic E-state index is 9.97. The number of phenolic OH excluding ortho intramolecular Hbond substituents is 2. The molecule has 1 fully saturated rings. The van der Waals surface area contributed by atoms with Gasteiger partial charge in [0.1, 0.15) is 48.3 Å². The van der Waals surface area contributed by atoms with Gasteiger partial charge in [-0.15, -0.1) is 0 Å². The Labute approximate surface area is 137 Å². The van der Waals surface area contributed by atoms with Crippen LogP contribution in [0.15, 0.2) is 12.1 Å². The fraction of sp³-hybridized carbons (Fsp3) is 0.600. The number of hydrogen-bond acceptors (Lipinski definition) is 9. The topological polar surface area (TPSA) is 149 Å². The van der Waals surface area contributed by atoms with Gasteiger partial charge in [0.15, 0.2) is 6.29 Å². The lowest BCUT2D eigenvalue weighted by Gasteiger charge is -2.41. The van der Waals surface area contributed by atoms with E-state index >= 15 is 0 Å². The van der Waals surface area contributed by atoms with Crippen molar-refractivity contribution in [2.75, 3.05) is 13.2 Å². The molecule has 9 nitrogen and oxygen atoms in total. The van der Waals surface area contributed by atoms with Gasteiger partial charge in [0.05, 0.1) is 12.7 Å². The average Bonchev–Trinajstić information content (AvgIpc) is 2.55. The molecular formula is C15H20O9. The fourth-order valence-corrected chi connectivity index (χ4v) is 2.88. The van der Waals surface area contributed by atoms with Crippen molar-refractivity contribution in [1.82, 2.24) is 0 Å². The highest BCUT2D eigenvalue weighted by atomic mass is 16.7. The summed E-state index contributed by atoms with van der Waals surface area (Å²) in [6.45, 7) is -0.472. The minimum Gasteiger partial charge on any atom is -0.508 e. The number of fused-ring (bicyclic) bond motifs is 1. The molecule has 6 N–H and O–H groups in total. The molecule has 2 heterocycles. The number of phenols is 2. The van der Waals surface area contributed by atoms with Crippen molar-refractivity contribution < 1.29 is 44.8 Å². The summed E-state index contributed by atoms with van der Waals surface area (Å²) in [6, 6.07) is 2.55. The summed E-state index contributed by atoms with van der Waals surface area (Å²) in [6.07, 6.45) is -7.18. The van der Waals surface area contributed by atoms with E-state index in [4.69, 9.17) is 19.3 Å². The van der Waals surface area contributed by atoms with Crippen LogP contribution in [0, 0.1) is 0 Å². The summed E-state index contributed by atoms with van der Waals surface area (Å²) in [4.78, 5) is 0. The molecule has 0 saturated carbocycles. The Morgan fingerprint density at radius 1 is 1.08 bits per heavy atom. The van der Waals surface area contributed by atoms with E-state index in [0.29, 0.717) is 11.3 Å². The number of ether oxygens (including phenoxy) is 3. The molecule has 2 aliphatic rings. The number of benzene rings is 1. The largest absolute Gasteiger partial charge is 0.508 e. The molecule has 2 aliphatic heterocycles. The summed E-state index contributed by atoms with van der Waals surface area (Å²) in [5, 5.41) is 58.0. The normalized spacial score (nSPS) is 36.0. The SMILES string of the molecule is OCC1O[C@@H](O[C@H]2COc3cc(O)cc(O)c3C2)[C@@H](O)C(O)[C@@H]1O. The van der Waals surface area contributed by atoms with Crippen LogP contribution in [-0.2, 0) is 15.9 Å². The third kappa shape index (κ3) is 3.14. The summed E-state index contributed by atoms with van der Waals surface area (Å²) in [5.74, 6) is 0.0628. The molecule has 0 aromatic heterocycles. The third-order valence-corrected chi connectivity index (χ3v) is 4.20. The van der Waals surface area contributed by atoms with Crippen LogP contribution < -0.4 is 4.74 Å². The van der Waals surface area contributed by atoms with Gasteiger partial charge in [0, 0.05) is 24.1 Å². The van der Waals surface area contributed by atoms with Crippen LogP contribution in [-0.4, -0.2) is 80.7 Å². The molecule has 24 heavy (non-hydrogen) atoms. The molecule has 0 aliphatic carbocycles. The van der Waals surface area contributed by atoms with Gasteiger partial charge < -0.3 is 44.8 Å². The molecule has 0 spiro atoms. The average molecular weight is 344 g/mol. The van der Waals surface area contributed by atoms with Gasteiger partial charge in [0.25, 0.3) is 0 Å². The second-order valence-corrected chi connectivity index (χ2v) is 5.91. The van der Waals surface area contributed by atoms with Gasteiger partial charge in [-0.05, 0) is 0 Å². The van der Waals surface area contributed by atoms with E-state index in [0.717, 1.165) is 0 Å². The van der Waals surface area contributed by atoms with Crippen LogP contribution in [0.3, 0.4) is 0 Å². The van der Waals surface area contributed by atoms with Crippen LogP contribution >= 0.6 is 0 Å². The van der Waals surface area contributed by atoms with E-state index in [1.807, 2.05) is 0 Å². The van der Waals surface area contributed by atoms with Crippen LogP contribution in [0.5, 0.6) is 17.2 Å². The second kappa shape index (κ2) is 6.71. The minimum atomic E-state index is -1.52. The van der Waals surface area contributed by atoms with E-state index in [-0.39, 0.29) is 24.5 Å². The maximum Gasteiger partial charge on any atom is 0.187 e. The predicted octanol–water partition coefficient (Wildman–Crippen LogP) is -1.78. The fourth-order valence-electron chi connectivity index (χ4n) is 2.88. The third-order valence-electron chi connectivity index (χ3n) is 4.20. The first-order valence-electron chi connectivity index (χ1n) is 7.54. The van der Waals surface area contributed by atoms with E-state index in [1.165, 1.54) is 12.1 Å². The van der Waals surface area contributed by atoms with E-state index in [1.54, 1.807) is 0 Å². The maximum atomic E-state index is 9.97. The van der Waals surface area contributed by atoms with Crippen molar-refractivity contribution in [3.63, 3.8) is 0 Å². The van der Waals surface area contributed by atoms with Crippen molar-refractivity contribution in [2.45, 2.75) is 43.2 Å². The molecule has 1 aromatic carbocycles. The monoisotopic (exact) mass is 344 g/mol. The van der Waals surface area contributed by atoms with Crippen molar-refractivity contribution in [1.29, 1.82) is 0 Å². The minimum absolute atomic E-state index is 0.0743. The lowest BCUT2D eigenvalue weighted by Crippen LogP contribution is -2.60. The van der Waals surface area contributed by atoms with Crippen molar-refractivity contribution in [3.05, 3.63) is 17.7 Å². The Kier molecular flexibility index (Phi) is 4.81. The zero-order chi connectivity index (χ0) is 17.4. The summed E-state index contributed by atoms with van der Waals surface area (Å²) < 4.78 is 16.3. The number of hydrogen-bond donors (Lipinski definition) is 6. The van der Waals surface area contributed by atoms with Crippen LogP contribution in [0.25, 0.3) is 0 Å². The lowest BCUT2D eigenvalue weighted by atomic mass is 9.99. The first-order chi connectivity index (χ1) is 11.4. The van der Waals surface area contributed by atoms with Gasteiger partial charge in [-0.25, -0.2) is 0 Å². The van der Waals surface area contributed by atoms with Crippen molar-refractivity contribution in [2.24, 2.45) is 0 Å². The Morgan fingerprint density at radius 3 is 2.54 bits per heavy atom. The first-order valence-corrected chi connectivity index (χ1v) is 7.54. The highest BCUT2D eigenvalue weighted by Gasteiger charge is 2.45. The predicted molar refractivity (Wildman–Crippen MR) is 77.6 cm³/mol. The lowest BCUT2D eigenvalue weighted by molar-refractivity contribution is -0.313. The molecule has 2 unspecified atom stereocenters. The quantitative estimate of drug-likeness (QED) is 0.374. The van der Waals surface area contributed by atoms with Gasteiger partial charge in [0.2, 0.25) is 0 Å². The van der Waals surface area contributed by atoms with E-state index < -0.39 is 43.4 Å². The van der Waals surface area contributed by atoms with Crippen molar-refractivity contribution >= 4 is 0 Å². The molecular weight excluding hydrogens is 324 g/mol. The first kappa shape index (κ1) is 17.2. The van der Waals surface area contributed by atoms with Crippen LogP contribution in [0.4, 0.5) is 0 Å². The molecule has 6 atom stereocenters. The van der Waals surface area contributed by atoms with E-state index in [9.17, 15) is 25.5 Å². The van der Waals surface area contributed by atoms with Crippen LogP contribution in [0.1, 0.15) is 5.56 Å². The van der Waals surface area contributed by atoms with Gasteiger partial charge in [-0.3, -0.25) is 0 Å². The molecule has 0 bridgehead atoms. The summed E-state index contributed by atoms with van der Waals surface area (Å²) in [7, 11) is 0. The number of rotatable bonds is 3. The summed E-state index contributed by atoms with van der Waals surface area (Å²) in [5.41, 5.74) is 0.439. The number of aromatic hydroxyl groups is 2. The summed E-state index contributed by atoms with van der Waals surface area (Å²) >= 11 is 0. The molecule has 1 saturated heterocycles. The Bertz CT molecular complexity index is 591. The second-order valence-electron chi connectivity index (χ2n) is 5.91. The zero-order valence-corrected chi connectivity index (χ0v) is 12.6. The molecule has 0 amide bonds. The molecule has 3 rings (SSSR count). The molecule has 0 radical (unpaired) electrons. The zero-order valence-electron chi connectivity index (χ0n) is 12.6.